The van der Waals surface area contributed by atoms with Gasteiger partial charge >= 0.3 is 0 Å². The molecule has 0 unspecified atom stereocenters. The maximum absolute atomic E-state index is 12.6. The number of ether oxygens (including phenoxy) is 1. The van der Waals surface area contributed by atoms with Crippen LogP contribution in [-0.2, 0) is 0 Å². The summed E-state index contributed by atoms with van der Waals surface area (Å²) in [6.07, 6.45) is 15.2. The van der Waals surface area contributed by atoms with Crippen LogP contribution in [0, 0.1) is 0 Å². The summed E-state index contributed by atoms with van der Waals surface area (Å²) < 4.78 is 8.86. The lowest BCUT2D eigenvalue weighted by Crippen LogP contribution is -2.15. The van der Waals surface area contributed by atoms with Gasteiger partial charge in [0.05, 0.1) is 42.8 Å². The zero-order valence-electron chi connectivity index (χ0n) is 18.8. The Kier molecular flexibility index (Phi) is 6.15. The molecule has 4 aromatic heterocycles. The number of fused-ring (bicyclic) bond motifs is 2. The average Bonchev–Trinajstić information content (AvgIpc) is 3.65. The lowest BCUT2D eigenvalue weighted by Gasteiger charge is -2.20. The quantitative estimate of drug-likeness (QED) is 0.420. The van der Waals surface area contributed by atoms with Crippen LogP contribution in [0.15, 0.2) is 55.2 Å². The number of nitrogens with one attached hydrogen (secondary N) is 2. The standard InChI is InChI=1S/C15H12N6O2.C8H13N3/c1-23-12-6-11-9(7-17-20-11)5-10(12)15(22)19-14-8-16-13-3-2-4-18-21(13)14;1-2-4-8(5-3-1)11-7-6-9-10-11/h2-8H,1H3,(H,17,20)(H,19,22);6-8H,1-5H2. The van der Waals surface area contributed by atoms with Crippen LogP contribution in [0.1, 0.15) is 48.5 Å². The number of H-pyrrole nitrogens is 1. The van der Waals surface area contributed by atoms with Crippen LogP contribution in [0.3, 0.4) is 0 Å². The van der Waals surface area contributed by atoms with Gasteiger partial charge in [-0.15, -0.1) is 5.10 Å². The summed E-state index contributed by atoms with van der Waals surface area (Å²) >= 11 is 0. The zero-order valence-corrected chi connectivity index (χ0v) is 18.8. The average molecular weight is 460 g/mol. The summed E-state index contributed by atoms with van der Waals surface area (Å²) in [5.41, 5.74) is 1.86. The SMILES string of the molecule is COc1cc2[nH]ncc2cc1C(=O)Nc1cnc2cccnn12.c1cn(C2CCCCC2)nn1. The monoisotopic (exact) mass is 459 g/mol. The summed E-state index contributed by atoms with van der Waals surface area (Å²) in [4.78, 5) is 16.8. The van der Waals surface area contributed by atoms with E-state index in [4.69, 9.17) is 4.74 Å². The van der Waals surface area contributed by atoms with Gasteiger partial charge in [-0.1, -0.05) is 24.5 Å². The highest BCUT2D eigenvalue weighted by Crippen LogP contribution is 2.27. The van der Waals surface area contributed by atoms with E-state index in [9.17, 15) is 4.79 Å². The Morgan fingerprint density at radius 1 is 1.18 bits per heavy atom. The molecule has 1 fully saturated rings. The lowest BCUT2D eigenvalue weighted by atomic mass is 9.96. The van der Waals surface area contributed by atoms with Gasteiger partial charge < -0.3 is 10.1 Å². The number of hydrogen-bond donors (Lipinski definition) is 2. The van der Waals surface area contributed by atoms with Crippen molar-refractivity contribution >= 4 is 28.3 Å². The molecule has 0 bridgehead atoms. The van der Waals surface area contributed by atoms with Gasteiger partial charge in [-0.05, 0) is 31.0 Å². The fourth-order valence-electron chi connectivity index (χ4n) is 4.17. The van der Waals surface area contributed by atoms with Crippen LogP contribution in [0.4, 0.5) is 5.82 Å². The van der Waals surface area contributed by atoms with E-state index in [0.29, 0.717) is 28.8 Å². The summed E-state index contributed by atoms with van der Waals surface area (Å²) in [7, 11) is 1.52. The van der Waals surface area contributed by atoms with Crippen LogP contribution in [0.5, 0.6) is 5.75 Å². The van der Waals surface area contributed by atoms with Crippen molar-refractivity contribution in [2.75, 3.05) is 12.4 Å². The highest BCUT2D eigenvalue weighted by molar-refractivity contribution is 6.08. The third kappa shape index (κ3) is 4.45. The number of rotatable bonds is 4. The molecule has 11 heteroatoms. The van der Waals surface area contributed by atoms with Crippen molar-refractivity contribution in [1.29, 1.82) is 0 Å². The molecule has 1 aromatic carbocycles. The molecule has 5 aromatic rings. The Morgan fingerprint density at radius 2 is 2.06 bits per heavy atom. The second kappa shape index (κ2) is 9.69. The number of methoxy groups -OCH3 is 1. The predicted octanol–water partition coefficient (Wildman–Crippen LogP) is 3.65. The molecule has 1 aliphatic rings. The molecule has 0 aliphatic heterocycles. The fourth-order valence-corrected chi connectivity index (χ4v) is 4.17. The van der Waals surface area contributed by atoms with Gasteiger partial charge in [0.2, 0.25) is 0 Å². The fraction of sp³-hybridized carbons (Fsp3) is 0.304. The molecule has 0 atom stereocenters. The molecule has 6 rings (SSSR count). The second-order valence-corrected chi connectivity index (χ2v) is 8.08. The van der Waals surface area contributed by atoms with E-state index in [1.807, 2.05) is 10.9 Å². The smallest absolute Gasteiger partial charge is 0.260 e. The summed E-state index contributed by atoms with van der Waals surface area (Å²) in [6.45, 7) is 0. The minimum absolute atomic E-state index is 0.308. The molecular formula is C23H25N9O2. The Hall–Kier alpha value is -4.28. The van der Waals surface area contributed by atoms with Gasteiger partial charge in [-0.25, -0.2) is 9.67 Å². The third-order valence-corrected chi connectivity index (χ3v) is 5.91. The van der Waals surface area contributed by atoms with Gasteiger partial charge in [0.1, 0.15) is 5.75 Å². The number of anilines is 1. The maximum Gasteiger partial charge on any atom is 0.260 e. The minimum Gasteiger partial charge on any atom is -0.496 e. The molecule has 4 heterocycles. The van der Waals surface area contributed by atoms with E-state index in [2.05, 4.69) is 35.9 Å². The van der Waals surface area contributed by atoms with E-state index in [-0.39, 0.29) is 5.91 Å². The summed E-state index contributed by atoms with van der Waals surface area (Å²) in [5, 5.41) is 22.4. The first-order valence-corrected chi connectivity index (χ1v) is 11.2. The maximum atomic E-state index is 12.6. The molecule has 174 valence electrons. The Morgan fingerprint density at radius 3 is 2.85 bits per heavy atom. The summed E-state index contributed by atoms with van der Waals surface area (Å²) in [6, 6.07) is 7.68. The number of carbonyl (C=O) groups is 1. The molecule has 0 radical (unpaired) electrons. The van der Waals surface area contributed by atoms with E-state index < -0.39 is 0 Å². The van der Waals surface area contributed by atoms with Crippen molar-refractivity contribution in [3.63, 3.8) is 0 Å². The van der Waals surface area contributed by atoms with Gasteiger partial charge in [-0.2, -0.15) is 14.7 Å². The molecule has 1 amide bonds. The molecule has 1 saturated carbocycles. The number of imidazole rings is 1. The molecule has 11 nitrogen and oxygen atoms in total. The highest BCUT2D eigenvalue weighted by atomic mass is 16.5. The number of aromatic amines is 1. The number of aromatic nitrogens is 8. The van der Waals surface area contributed by atoms with Crippen molar-refractivity contribution in [1.82, 2.24) is 39.8 Å². The third-order valence-electron chi connectivity index (χ3n) is 5.91. The largest absolute Gasteiger partial charge is 0.496 e. The number of benzene rings is 1. The second-order valence-electron chi connectivity index (χ2n) is 8.08. The summed E-state index contributed by atoms with van der Waals surface area (Å²) in [5.74, 6) is 0.637. The van der Waals surface area contributed by atoms with Crippen molar-refractivity contribution in [3.05, 3.63) is 60.8 Å². The first-order chi connectivity index (χ1) is 16.7. The molecule has 34 heavy (non-hydrogen) atoms. The molecule has 0 spiro atoms. The van der Waals surface area contributed by atoms with E-state index in [0.717, 1.165) is 10.9 Å². The topological polar surface area (TPSA) is 128 Å². The van der Waals surface area contributed by atoms with Crippen LogP contribution < -0.4 is 10.1 Å². The van der Waals surface area contributed by atoms with Crippen LogP contribution in [-0.4, -0.2) is 52.8 Å². The minimum atomic E-state index is -0.308. The number of nitrogens with zero attached hydrogens (tertiary/aromatic N) is 7. The molecule has 2 N–H and O–H groups in total. The molecular weight excluding hydrogens is 434 g/mol. The van der Waals surface area contributed by atoms with Gasteiger partial charge in [0.15, 0.2) is 11.5 Å². The van der Waals surface area contributed by atoms with Crippen LogP contribution in [0.2, 0.25) is 0 Å². The number of hydrogen-bond acceptors (Lipinski definition) is 7. The Balaban J connectivity index is 0.000000183. The lowest BCUT2D eigenvalue weighted by molar-refractivity contribution is 0.102. The number of carbonyl (C=O) groups excluding carboxylic acids is 1. The van der Waals surface area contributed by atoms with E-state index >= 15 is 0 Å². The predicted molar refractivity (Wildman–Crippen MR) is 126 cm³/mol. The Labute approximate surface area is 195 Å². The van der Waals surface area contributed by atoms with Crippen molar-refractivity contribution < 1.29 is 9.53 Å². The first-order valence-electron chi connectivity index (χ1n) is 11.2. The van der Waals surface area contributed by atoms with Crippen molar-refractivity contribution in [3.8, 4) is 5.75 Å². The van der Waals surface area contributed by atoms with Crippen molar-refractivity contribution in [2.45, 2.75) is 38.1 Å². The molecule has 0 saturated heterocycles. The van der Waals surface area contributed by atoms with Gasteiger partial charge in [0.25, 0.3) is 5.91 Å². The van der Waals surface area contributed by atoms with E-state index in [1.54, 1.807) is 53.6 Å². The Bertz CT molecular complexity index is 1380. The zero-order chi connectivity index (χ0) is 23.3. The number of amides is 1. The first kappa shape index (κ1) is 21.6. The van der Waals surface area contributed by atoms with Gasteiger partial charge in [0, 0.05) is 23.8 Å². The molecule has 1 aliphatic carbocycles. The van der Waals surface area contributed by atoms with Crippen LogP contribution in [0.25, 0.3) is 16.6 Å². The van der Waals surface area contributed by atoms with Crippen LogP contribution >= 0.6 is 0 Å². The van der Waals surface area contributed by atoms with Crippen molar-refractivity contribution in [2.24, 2.45) is 0 Å². The highest BCUT2D eigenvalue weighted by Gasteiger charge is 2.17. The van der Waals surface area contributed by atoms with Gasteiger partial charge in [-0.3, -0.25) is 9.89 Å². The normalized spacial score (nSPS) is 14.0. The van der Waals surface area contributed by atoms with E-state index in [1.165, 1.54) is 39.2 Å².